The maximum absolute atomic E-state index is 12.6. The summed E-state index contributed by atoms with van der Waals surface area (Å²) in [5.41, 5.74) is 6.61. The fraction of sp³-hybridized carbons (Fsp3) is 0.500. The van der Waals surface area contributed by atoms with E-state index in [4.69, 9.17) is 10.5 Å². The van der Waals surface area contributed by atoms with Crippen molar-refractivity contribution < 1.29 is 9.53 Å². The zero-order valence-corrected chi connectivity index (χ0v) is 17.0. The second-order valence-corrected chi connectivity index (χ2v) is 6.83. The van der Waals surface area contributed by atoms with Crippen LogP contribution in [0.15, 0.2) is 36.9 Å². The Kier molecular flexibility index (Phi) is 9.02. The van der Waals surface area contributed by atoms with Crippen LogP contribution in [0.5, 0.6) is 5.75 Å². The minimum Gasteiger partial charge on any atom is -0.492 e. The molecule has 1 heterocycles. The lowest BCUT2D eigenvalue weighted by Gasteiger charge is -2.37. The Bertz CT molecular complexity index is 710. The summed E-state index contributed by atoms with van der Waals surface area (Å²) in [5.74, 6) is 0.541. The molecule has 150 valence electrons. The number of carbonyl (C=O) groups is 1. The SMILES string of the molecule is CC1(N)CCCCC1C(=O)Nc1cccc(OCCn2cncn2)c1.Cl.Cl. The molecule has 1 saturated carbocycles. The second-order valence-electron chi connectivity index (χ2n) is 6.83. The van der Waals surface area contributed by atoms with Crippen LogP contribution in [0.1, 0.15) is 32.6 Å². The fourth-order valence-corrected chi connectivity index (χ4v) is 3.29. The molecule has 2 unspecified atom stereocenters. The molecule has 0 spiro atoms. The smallest absolute Gasteiger partial charge is 0.229 e. The number of ether oxygens (including phenoxy) is 1. The van der Waals surface area contributed by atoms with Crippen LogP contribution in [0.25, 0.3) is 0 Å². The third kappa shape index (κ3) is 6.37. The number of aromatic nitrogens is 3. The highest BCUT2D eigenvalue weighted by molar-refractivity contribution is 5.93. The predicted octanol–water partition coefficient (Wildman–Crippen LogP) is 3.05. The third-order valence-electron chi connectivity index (χ3n) is 4.73. The van der Waals surface area contributed by atoms with Gasteiger partial charge in [0.2, 0.25) is 5.91 Å². The van der Waals surface area contributed by atoms with Crippen molar-refractivity contribution in [1.29, 1.82) is 0 Å². The lowest BCUT2D eigenvalue weighted by molar-refractivity contribution is -0.122. The van der Waals surface area contributed by atoms with E-state index in [1.54, 1.807) is 11.0 Å². The minimum atomic E-state index is -0.436. The predicted molar refractivity (Wildman–Crippen MR) is 110 cm³/mol. The van der Waals surface area contributed by atoms with E-state index in [1.165, 1.54) is 6.33 Å². The summed E-state index contributed by atoms with van der Waals surface area (Å²) < 4.78 is 7.43. The lowest BCUT2D eigenvalue weighted by Crippen LogP contribution is -2.51. The average Bonchev–Trinajstić information content (AvgIpc) is 3.08. The second kappa shape index (κ2) is 10.5. The molecule has 0 saturated heterocycles. The normalized spacial score (nSPS) is 21.5. The van der Waals surface area contributed by atoms with Gasteiger partial charge in [0.15, 0.2) is 0 Å². The summed E-state index contributed by atoms with van der Waals surface area (Å²) in [6.07, 6.45) is 7.01. The summed E-state index contributed by atoms with van der Waals surface area (Å²) in [4.78, 5) is 16.5. The van der Waals surface area contributed by atoms with Crippen molar-refractivity contribution in [3.05, 3.63) is 36.9 Å². The Balaban J connectivity index is 0.00000182. The molecule has 7 nitrogen and oxygen atoms in total. The van der Waals surface area contributed by atoms with Crippen molar-refractivity contribution in [3.8, 4) is 5.75 Å². The van der Waals surface area contributed by atoms with Crippen molar-refractivity contribution in [2.45, 2.75) is 44.7 Å². The number of amides is 1. The number of rotatable bonds is 6. The molecule has 1 amide bonds. The standard InChI is InChI=1S/C18H25N5O2.2ClH/c1-18(19)8-3-2-7-16(18)17(24)22-14-5-4-6-15(11-14)25-10-9-23-13-20-12-21-23;;/h4-6,11-13,16H,2-3,7-10,19H2,1H3,(H,22,24);2*1H. The number of halogens is 2. The summed E-state index contributed by atoms with van der Waals surface area (Å²) in [7, 11) is 0. The summed E-state index contributed by atoms with van der Waals surface area (Å²) in [6.45, 7) is 3.06. The topological polar surface area (TPSA) is 95.1 Å². The van der Waals surface area contributed by atoms with Gasteiger partial charge in [-0.05, 0) is 31.9 Å². The van der Waals surface area contributed by atoms with E-state index in [0.717, 1.165) is 31.4 Å². The first-order valence-corrected chi connectivity index (χ1v) is 8.70. The van der Waals surface area contributed by atoms with Crippen LogP contribution < -0.4 is 15.8 Å². The molecule has 27 heavy (non-hydrogen) atoms. The first-order valence-electron chi connectivity index (χ1n) is 8.70. The van der Waals surface area contributed by atoms with E-state index >= 15 is 0 Å². The fourth-order valence-electron chi connectivity index (χ4n) is 3.29. The zero-order chi connectivity index (χ0) is 17.7. The van der Waals surface area contributed by atoms with Gasteiger partial charge in [-0.2, -0.15) is 5.10 Å². The molecule has 1 aromatic carbocycles. The highest BCUT2D eigenvalue weighted by Gasteiger charge is 2.37. The highest BCUT2D eigenvalue weighted by Crippen LogP contribution is 2.32. The molecular formula is C18H27Cl2N5O2. The molecule has 0 bridgehead atoms. The molecule has 0 aliphatic heterocycles. The van der Waals surface area contributed by atoms with Crippen LogP contribution in [0.2, 0.25) is 0 Å². The Morgan fingerprint density at radius 2 is 2.22 bits per heavy atom. The Morgan fingerprint density at radius 1 is 1.41 bits per heavy atom. The van der Waals surface area contributed by atoms with Gasteiger partial charge in [-0.25, -0.2) is 9.67 Å². The van der Waals surface area contributed by atoms with Crippen molar-refractivity contribution >= 4 is 36.4 Å². The monoisotopic (exact) mass is 415 g/mol. The average molecular weight is 416 g/mol. The summed E-state index contributed by atoms with van der Waals surface area (Å²) in [5, 5.41) is 7.01. The molecule has 1 fully saturated rings. The first-order chi connectivity index (χ1) is 12.0. The molecule has 0 radical (unpaired) electrons. The molecule has 3 rings (SSSR count). The largest absolute Gasteiger partial charge is 0.492 e. The van der Waals surface area contributed by atoms with Crippen LogP contribution in [-0.4, -0.2) is 32.8 Å². The van der Waals surface area contributed by atoms with Gasteiger partial charge in [-0.15, -0.1) is 24.8 Å². The van der Waals surface area contributed by atoms with E-state index in [1.807, 2.05) is 31.2 Å². The Labute approximate surface area is 171 Å². The van der Waals surface area contributed by atoms with Gasteiger partial charge < -0.3 is 15.8 Å². The van der Waals surface area contributed by atoms with E-state index < -0.39 is 5.54 Å². The Hall–Kier alpha value is -1.83. The number of nitrogens with zero attached hydrogens (tertiary/aromatic N) is 3. The molecule has 9 heteroatoms. The van der Waals surface area contributed by atoms with Crippen LogP contribution in [-0.2, 0) is 11.3 Å². The molecule has 3 N–H and O–H groups in total. The number of benzene rings is 1. The van der Waals surface area contributed by atoms with Gasteiger partial charge in [0.05, 0.1) is 12.5 Å². The molecule has 2 atom stereocenters. The maximum atomic E-state index is 12.6. The summed E-state index contributed by atoms with van der Waals surface area (Å²) in [6, 6.07) is 7.42. The van der Waals surface area contributed by atoms with Crippen molar-refractivity contribution in [1.82, 2.24) is 14.8 Å². The van der Waals surface area contributed by atoms with Gasteiger partial charge in [0, 0.05) is 17.3 Å². The summed E-state index contributed by atoms with van der Waals surface area (Å²) >= 11 is 0. The zero-order valence-electron chi connectivity index (χ0n) is 15.3. The molecule has 1 aromatic heterocycles. The van der Waals surface area contributed by atoms with Crippen LogP contribution in [0.4, 0.5) is 5.69 Å². The van der Waals surface area contributed by atoms with Crippen molar-refractivity contribution in [2.75, 3.05) is 11.9 Å². The number of nitrogens with one attached hydrogen (secondary N) is 1. The number of hydrogen-bond acceptors (Lipinski definition) is 5. The van der Waals surface area contributed by atoms with E-state index in [2.05, 4.69) is 15.4 Å². The van der Waals surface area contributed by atoms with Gasteiger partial charge in [-0.1, -0.05) is 18.9 Å². The molecule has 2 aromatic rings. The number of carbonyl (C=O) groups excluding carboxylic acids is 1. The molecule has 1 aliphatic carbocycles. The number of nitrogens with two attached hydrogens (primary N) is 1. The third-order valence-corrected chi connectivity index (χ3v) is 4.73. The Morgan fingerprint density at radius 3 is 2.93 bits per heavy atom. The maximum Gasteiger partial charge on any atom is 0.229 e. The van der Waals surface area contributed by atoms with Crippen molar-refractivity contribution in [2.24, 2.45) is 11.7 Å². The van der Waals surface area contributed by atoms with Crippen molar-refractivity contribution in [3.63, 3.8) is 0 Å². The van der Waals surface area contributed by atoms with Crippen LogP contribution in [0.3, 0.4) is 0 Å². The number of anilines is 1. The number of hydrogen-bond donors (Lipinski definition) is 2. The van der Waals surface area contributed by atoms with Crippen LogP contribution >= 0.6 is 24.8 Å². The van der Waals surface area contributed by atoms with E-state index in [9.17, 15) is 4.79 Å². The highest BCUT2D eigenvalue weighted by atomic mass is 35.5. The first kappa shape index (κ1) is 23.2. The van der Waals surface area contributed by atoms with Gasteiger partial charge in [-0.3, -0.25) is 4.79 Å². The van der Waals surface area contributed by atoms with Gasteiger partial charge in [0.25, 0.3) is 0 Å². The minimum absolute atomic E-state index is 0. The van der Waals surface area contributed by atoms with E-state index in [0.29, 0.717) is 18.9 Å². The molecule has 1 aliphatic rings. The van der Waals surface area contributed by atoms with Gasteiger partial charge in [0.1, 0.15) is 25.0 Å². The lowest BCUT2D eigenvalue weighted by atomic mass is 9.74. The quantitative estimate of drug-likeness (QED) is 0.755. The van der Waals surface area contributed by atoms with Gasteiger partial charge >= 0.3 is 0 Å². The van der Waals surface area contributed by atoms with E-state index in [-0.39, 0.29) is 36.6 Å². The molecular weight excluding hydrogens is 389 g/mol. The van der Waals surface area contributed by atoms with Crippen LogP contribution in [0, 0.1) is 5.92 Å².